The normalized spacial score (nSPS) is 14.5. The van der Waals surface area contributed by atoms with Crippen LogP contribution in [-0.2, 0) is 18.4 Å². The van der Waals surface area contributed by atoms with Crippen molar-refractivity contribution in [2.24, 2.45) is 0 Å². The SMILES string of the molecule is CCCCCCCCCCC/C=C\CCCCCCCC(=O)NC(COP(=O)(O)OCC[N+](C)(C)C)C(O)/C=C/CC/C=C/CCCCCCCCCCCCCC. The Hall–Kier alpha value is -1.28. The van der Waals surface area contributed by atoms with Gasteiger partial charge in [-0.15, -0.1) is 0 Å². The molecule has 3 atom stereocenters. The highest BCUT2D eigenvalue weighted by molar-refractivity contribution is 7.47. The third kappa shape index (κ3) is 42.8. The maximum atomic E-state index is 12.9. The number of phosphoric acid groups is 1. The minimum absolute atomic E-state index is 0.0548. The summed E-state index contributed by atoms with van der Waals surface area (Å²) >= 11 is 0. The van der Waals surface area contributed by atoms with Gasteiger partial charge in [-0.25, -0.2) is 4.57 Å². The summed E-state index contributed by atoms with van der Waals surface area (Å²) in [6, 6.07) is -0.866. The molecule has 0 aliphatic carbocycles. The number of hydrogen-bond donors (Lipinski definition) is 3. The highest BCUT2D eigenvalue weighted by atomic mass is 31.2. The van der Waals surface area contributed by atoms with Crippen molar-refractivity contribution < 1.29 is 32.9 Å². The van der Waals surface area contributed by atoms with Crippen LogP contribution in [0, 0.1) is 0 Å². The highest BCUT2D eigenvalue weighted by Crippen LogP contribution is 2.43. The number of nitrogens with zero attached hydrogens (tertiary/aromatic N) is 1. The lowest BCUT2D eigenvalue weighted by Crippen LogP contribution is -2.45. The molecule has 0 fully saturated rings. The van der Waals surface area contributed by atoms with Gasteiger partial charge in [0.1, 0.15) is 13.2 Å². The number of aliphatic hydroxyl groups is 1. The van der Waals surface area contributed by atoms with Gasteiger partial charge < -0.3 is 19.8 Å². The van der Waals surface area contributed by atoms with Crippen LogP contribution in [0.4, 0.5) is 0 Å². The number of allylic oxidation sites excluding steroid dienone is 5. The van der Waals surface area contributed by atoms with E-state index in [4.69, 9.17) is 9.05 Å². The average molecular weight is 840 g/mol. The van der Waals surface area contributed by atoms with Crippen LogP contribution in [0.3, 0.4) is 0 Å². The van der Waals surface area contributed by atoms with E-state index >= 15 is 0 Å². The van der Waals surface area contributed by atoms with E-state index in [2.05, 4.69) is 43.5 Å². The second kappa shape index (κ2) is 41.1. The summed E-state index contributed by atoms with van der Waals surface area (Å²) in [7, 11) is 1.55. The van der Waals surface area contributed by atoms with E-state index in [1.807, 2.05) is 27.2 Å². The van der Waals surface area contributed by atoms with Gasteiger partial charge in [-0.1, -0.05) is 192 Å². The Balaban J connectivity index is 4.42. The van der Waals surface area contributed by atoms with E-state index < -0.39 is 20.0 Å². The maximum Gasteiger partial charge on any atom is 0.472 e. The van der Waals surface area contributed by atoms with Gasteiger partial charge in [0, 0.05) is 6.42 Å². The molecule has 0 aliphatic heterocycles. The third-order valence-corrected chi connectivity index (χ3v) is 11.8. The van der Waals surface area contributed by atoms with Crippen molar-refractivity contribution in [3.8, 4) is 0 Å². The fraction of sp³-hybridized carbons (Fsp3) is 0.857. The Morgan fingerprint density at radius 3 is 1.38 bits per heavy atom. The number of quaternary nitrogens is 1. The number of likely N-dealkylation sites (N-methyl/N-ethyl adjacent to an activating group) is 1. The van der Waals surface area contributed by atoms with Gasteiger partial charge in [0.15, 0.2) is 0 Å². The van der Waals surface area contributed by atoms with E-state index in [1.165, 1.54) is 148 Å². The molecule has 3 N–H and O–H groups in total. The molecule has 0 aromatic rings. The van der Waals surface area contributed by atoms with Gasteiger partial charge >= 0.3 is 7.82 Å². The number of carbonyl (C=O) groups is 1. The molecule has 0 radical (unpaired) electrons. The van der Waals surface area contributed by atoms with Crippen LogP contribution in [-0.4, -0.2) is 73.4 Å². The fourth-order valence-electron chi connectivity index (χ4n) is 6.93. The average Bonchev–Trinajstić information content (AvgIpc) is 3.17. The molecule has 0 heterocycles. The standard InChI is InChI=1S/C49H95N2O6P/c1-6-8-10-12-14-16-18-20-22-24-26-28-30-32-34-36-38-40-42-48(52)47(46-57-58(54,55)56-45-44-51(3,4)5)50-49(53)43-41-39-37-35-33-31-29-27-25-23-21-19-17-15-13-11-9-7-2/h27,29,32,34,40,42,47-48,52H,6-26,28,30-31,33,35-39,41,43-46H2,1-5H3,(H-,50,53,54,55)/p+1/b29-27-,34-32+,42-40+. The Bertz CT molecular complexity index is 1040. The van der Waals surface area contributed by atoms with Crippen molar-refractivity contribution in [2.45, 2.75) is 231 Å². The van der Waals surface area contributed by atoms with Gasteiger partial charge in [0.2, 0.25) is 5.91 Å². The number of rotatable bonds is 44. The topological polar surface area (TPSA) is 105 Å². The molecular formula is C49H96N2O6P+. The largest absolute Gasteiger partial charge is 0.472 e. The summed E-state index contributed by atoms with van der Waals surface area (Å²) < 4.78 is 23.6. The van der Waals surface area contributed by atoms with Crippen molar-refractivity contribution in [1.82, 2.24) is 5.32 Å². The molecule has 0 saturated carbocycles. The van der Waals surface area contributed by atoms with Crippen molar-refractivity contribution in [1.29, 1.82) is 0 Å². The fourth-order valence-corrected chi connectivity index (χ4v) is 7.67. The van der Waals surface area contributed by atoms with E-state index in [0.717, 1.165) is 51.4 Å². The minimum Gasteiger partial charge on any atom is -0.387 e. The molecule has 9 heteroatoms. The molecule has 8 nitrogen and oxygen atoms in total. The van der Waals surface area contributed by atoms with Gasteiger partial charge in [0.25, 0.3) is 0 Å². The predicted octanol–water partition coefficient (Wildman–Crippen LogP) is 13.9. The number of hydrogen-bond acceptors (Lipinski definition) is 5. The van der Waals surface area contributed by atoms with Gasteiger partial charge in [-0.3, -0.25) is 13.8 Å². The molecule has 58 heavy (non-hydrogen) atoms. The number of carbonyl (C=O) groups excluding carboxylic acids is 1. The number of unbranched alkanes of at least 4 members (excludes halogenated alkanes) is 27. The number of phosphoric ester groups is 1. The highest BCUT2D eigenvalue weighted by Gasteiger charge is 2.27. The molecule has 3 unspecified atom stereocenters. The Morgan fingerprint density at radius 2 is 0.948 bits per heavy atom. The van der Waals surface area contributed by atoms with Crippen molar-refractivity contribution in [2.75, 3.05) is 40.9 Å². The molecule has 0 rings (SSSR count). The minimum atomic E-state index is -4.35. The summed E-state index contributed by atoms with van der Waals surface area (Å²) in [5, 5.41) is 13.8. The number of amides is 1. The van der Waals surface area contributed by atoms with E-state index in [-0.39, 0.29) is 19.1 Å². The first-order chi connectivity index (χ1) is 28.0. The van der Waals surface area contributed by atoms with Crippen molar-refractivity contribution in [3.05, 3.63) is 36.5 Å². The van der Waals surface area contributed by atoms with E-state index in [1.54, 1.807) is 6.08 Å². The monoisotopic (exact) mass is 840 g/mol. The summed E-state index contributed by atoms with van der Waals surface area (Å²) in [6.07, 6.45) is 50.8. The Kier molecular flexibility index (Phi) is 40.2. The van der Waals surface area contributed by atoms with Crippen molar-refractivity contribution >= 4 is 13.7 Å². The summed E-state index contributed by atoms with van der Waals surface area (Å²) in [6.45, 7) is 4.80. The zero-order valence-corrected chi connectivity index (χ0v) is 39.7. The molecule has 0 bridgehead atoms. The molecule has 0 aliphatic rings. The maximum absolute atomic E-state index is 12.9. The predicted molar refractivity (Wildman–Crippen MR) is 249 cm³/mol. The van der Waals surface area contributed by atoms with Crippen LogP contribution in [0.2, 0.25) is 0 Å². The van der Waals surface area contributed by atoms with Gasteiger partial charge in [-0.05, 0) is 57.8 Å². The van der Waals surface area contributed by atoms with Gasteiger partial charge in [-0.2, -0.15) is 0 Å². The smallest absolute Gasteiger partial charge is 0.387 e. The first kappa shape index (κ1) is 56.7. The molecular weight excluding hydrogens is 744 g/mol. The molecule has 1 amide bonds. The second-order valence-electron chi connectivity index (χ2n) is 17.8. The second-order valence-corrected chi connectivity index (χ2v) is 19.3. The lowest BCUT2D eigenvalue weighted by molar-refractivity contribution is -0.870. The lowest BCUT2D eigenvalue weighted by Gasteiger charge is -2.25. The van der Waals surface area contributed by atoms with Crippen LogP contribution in [0.1, 0.15) is 219 Å². The molecule has 0 aromatic heterocycles. The van der Waals surface area contributed by atoms with Crippen LogP contribution < -0.4 is 5.32 Å². The van der Waals surface area contributed by atoms with Crippen LogP contribution >= 0.6 is 7.82 Å². The molecule has 0 aromatic carbocycles. The molecule has 0 saturated heterocycles. The van der Waals surface area contributed by atoms with Crippen molar-refractivity contribution in [3.63, 3.8) is 0 Å². The third-order valence-electron chi connectivity index (χ3n) is 10.8. The zero-order valence-electron chi connectivity index (χ0n) is 38.8. The van der Waals surface area contributed by atoms with E-state index in [9.17, 15) is 19.4 Å². The summed E-state index contributed by atoms with van der Waals surface area (Å²) in [4.78, 5) is 23.2. The van der Waals surface area contributed by atoms with Crippen LogP contribution in [0.5, 0.6) is 0 Å². The Morgan fingerprint density at radius 1 is 0.569 bits per heavy atom. The van der Waals surface area contributed by atoms with Crippen LogP contribution in [0.25, 0.3) is 0 Å². The molecule has 342 valence electrons. The first-order valence-corrected chi connectivity index (χ1v) is 25.9. The van der Waals surface area contributed by atoms with Gasteiger partial charge in [0.05, 0.1) is 39.9 Å². The quantitative estimate of drug-likeness (QED) is 0.0244. The summed E-state index contributed by atoms with van der Waals surface area (Å²) in [5.41, 5.74) is 0. The summed E-state index contributed by atoms with van der Waals surface area (Å²) in [5.74, 6) is -0.195. The number of nitrogens with one attached hydrogen (secondary N) is 1. The number of aliphatic hydroxyl groups excluding tert-OH is 1. The van der Waals surface area contributed by atoms with E-state index in [0.29, 0.717) is 17.4 Å². The van der Waals surface area contributed by atoms with Crippen LogP contribution in [0.15, 0.2) is 36.5 Å². The Labute approximate surface area is 359 Å². The molecule has 0 spiro atoms. The lowest BCUT2D eigenvalue weighted by atomic mass is 10.0. The zero-order chi connectivity index (χ0) is 42.8. The first-order valence-electron chi connectivity index (χ1n) is 24.4.